The highest BCUT2D eigenvalue weighted by atomic mass is 32.2. The van der Waals surface area contributed by atoms with Crippen LogP contribution in [0, 0.1) is 5.92 Å². The summed E-state index contributed by atoms with van der Waals surface area (Å²) in [5.74, 6) is 0.515. The number of nitrogens with zero attached hydrogens (tertiary/aromatic N) is 1. The van der Waals surface area contributed by atoms with Crippen molar-refractivity contribution in [1.82, 2.24) is 4.31 Å². The molecule has 1 N–H and O–H groups in total. The first-order valence-corrected chi connectivity index (χ1v) is 7.72. The Bertz CT molecular complexity index is 509. The van der Waals surface area contributed by atoms with Crippen molar-refractivity contribution in [2.24, 2.45) is 5.92 Å². The van der Waals surface area contributed by atoms with E-state index in [1.165, 1.54) is 4.31 Å². The minimum atomic E-state index is -3.48. The van der Waals surface area contributed by atoms with Crippen molar-refractivity contribution >= 4 is 10.0 Å². The van der Waals surface area contributed by atoms with Crippen molar-refractivity contribution in [1.29, 1.82) is 0 Å². The van der Waals surface area contributed by atoms with Crippen LogP contribution in [0.4, 0.5) is 0 Å². The molecule has 100 valence electrons. The number of benzene rings is 1. The van der Waals surface area contributed by atoms with Crippen molar-refractivity contribution in [2.75, 3.05) is 13.1 Å². The molecule has 2 rings (SSSR count). The van der Waals surface area contributed by atoms with Gasteiger partial charge in [-0.25, -0.2) is 8.42 Å². The van der Waals surface area contributed by atoms with E-state index in [0.717, 1.165) is 12.8 Å². The second-order valence-electron chi connectivity index (χ2n) is 4.66. The molecule has 1 aromatic rings. The molecule has 0 atom stereocenters. The van der Waals surface area contributed by atoms with E-state index in [1.807, 2.05) is 6.92 Å². The summed E-state index contributed by atoms with van der Waals surface area (Å²) in [6, 6.07) is 6.65. The van der Waals surface area contributed by atoms with Crippen LogP contribution < -0.4 is 0 Å². The topological polar surface area (TPSA) is 57.6 Å². The van der Waals surface area contributed by atoms with Gasteiger partial charge in [0.15, 0.2) is 0 Å². The van der Waals surface area contributed by atoms with Gasteiger partial charge in [-0.15, -0.1) is 0 Å². The Kier molecular flexibility index (Phi) is 4.04. The molecule has 1 fully saturated rings. The second kappa shape index (κ2) is 5.38. The fourth-order valence-electron chi connectivity index (χ4n) is 2.01. The van der Waals surface area contributed by atoms with E-state index in [0.29, 0.717) is 24.6 Å². The third kappa shape index (κ3) is 2.74. The van der Waals surface area contributed by atoms with Gasteiger partial charge in [0.25, 0.3) is 0 Å². The summed E-state index contributed by atoms with van der Waals surface area (Å²) in [6.07, 6.45) is 2.24. The fraction of sp³-hybridized carbons (Fsp3) is 0.538. The first-order chi connectivity index (χ1) is 8.59. The molecule has 18 heavy (non-hydrogen) atoms. The maximum Gasteiger partial charge on any atom is 0.243 e. The third-order valence-corrected chi connectivity index (χ3v) is 5.31. The van der Waals surface area contributed by atoms with Crippen LogP contribution in [0.2, 0.25) is 0 Å². The molecule has 0 aliphatic heterocycles. The van der Waals surface area contributed by atoms with E-state index in [-0.39, 0.29) is 11.5 Å². The highest BCUT2D eigenvalue weighted by molar-refractivity contribution is 7.89. The zero-order valence-corrected chi connectivity index (χ0v) is 11.4. The molecule has 0 heterocycles. The standard InChI is InChI=1S/C13H19NO3S/c1-2-14(9-11-7-8-11)18(16,17)13-6-4-3-5-12(13)10-15/h3-6,11,15H,2,7-10H2,1H3. The number of aliphatic hydroxyl groups is 1. The second-order valence-corrected chi connectivity index (χ2v) is 6.57. The first kappa shape index (κ1) is 13.5. The quantitative estimate of drug-likeness (QED) is 0.853. The Morgan fingerprint density at radius 1 is 1.33 bits per heavy atom. The monoisotopic (exact) mass is 269 g/mol. The van der Waals surface area contributed by atoms with E-state index in [9.17, 15) is 13.5 Å². The lowest BCUT2D eigenvalue weighted by molar-refractivity contribution is 0.278. The first-order valence-electron chi connectivity index (χ1n) is 6.28. The van der Waals surface area contributed by atoms with Crippen LogP contribution in [0.25, 0.3) is 0 Å². The Morgan fingerprint density at radius 2 is 2.00 bits per heavy atom. The van der Waals surface area contributed by atoms with Gasteiger partial charge in [-0.3, -0.25) is 0 Å². The average molecular weight is 269 g/mol. The van der Waals surface area contributed by atoms with Crippen LogP contribution in [0.5, 0.6) is 0 Å². The predicted octanol–water partition coefficient (Wildman–Crippen LogP) is 1.60. The van der Waals surface area contributed by atoms with E-state index >= 15 is 0 Å². The van der Waals surface area contributed by atoms with Crippen LogP contribution in [-0.4, -0.2) is 30.9 Å². The molecule has 4 nitrogen and oxygen atoms in total. The summed E-state index contributed by atoms with van der Waals surface area (Å²) in [5.41, 5.74) is 0.465. The summed E-state index contributed by atoms with van der Waals surface area (Å²) < 4.78 is 26.6. The molecule has 1 aliphatic rings. The van der Waals surface area contributed by atoms with Crippen molar-refractivity contribution in [2.45, 2.75) is 31.3 Å². The highest BCUT2D eigenvalue weighted by Gasteiger charge is 2.31. The van der Waals surface area contributed by atoms with Crippen LogP contribution in [0.15, 0.2) is 29.2 Å². The maximum absolute atomic E-state index is 12.5. The molecular formula is C13H19NO3S. The van der Waals surface area contributed by atoms with Gasteiger partial charge in [0.05, 0.1) is 11.5 Å². The highest BCUT2D eigenvalue weighted by Crippen LogP contribution is 2.32. The van der Waals surface area contributed by atoms with Gasteiger partial charge in [0.2, 0.25) is 10.0 Å². The molecule has 0 unspecified atom stereocenters. The molecule has 5 heteroatoms. The average Bonchev–Trinajstić information content (AvgIpc) is 3.19. The van der Waals surface area contributed by atoms with Crippen molar-refractivity contribution < 1.29 is 13.5 Å². The molecule has 0 bridgehead atoms. The van der Waals surface area contributed by atoms with Gasteiger partial charge in [-0.05, 0) is 30.4 Å². The zero-order valence-electron chi connectivity index (χ0n) is 10.5. The van der Waals surface area contributed by atoms with Gasteiger partial charge in [0.1, 0.15) is 0 Å². The van der Waals surface area contributed by atoms with Crippen molar-refractivity contribution in [3.63, 3.8) is 0 Å². The van der Waals surface area contributed by atoms with E-state index in [2.05, 4.69) is 0 Å². The summed E-state index contributed by atoms with van der Waals surface area (Å²) in [5, 5.41) is 9.25. The maximum atomic E-state index is 12.5. The van der Waals surface area contributed by atoms with Crippen molar-refractivity contribution in [3.05, 3.63) is 29.8 Å². The van der Waals surface area contributed by atoms with Crippen LogP contribution >= 0.6 is 0 Å². The fourth-order valence-corrected chi connectivity index (χ4v) is 3.75. The molecule has 1 aromatic carbocycles. The Hall–Kier alpha value is -0.910. The van der Waals surface area contributed by atoms with Crippen LogP contribution in [0.3, 0.4) is 0 Å². The SMILES string of the molecule is CCN(CC1CC1)S(=O)(=O)c1ccccc1CO. The summed E-state index contributed by atoms with van der Waals surface area (Å²) in [4.78, 5) is 0.231. The summed E-state index contributed by atoms with van der Waals surface area (Å²) >= 11 is 0. The Labute approximate surface area is 108 Å². The Morgan fingerprint density at radius 3 is 2.56 bits per heavy atom. The van der Waals surface area contributed by atoms with Gasteiger partial charge >= 0.3 is 0 Å². The molecule has 1 saturated carbocycles. The molecule has 0 saturated heterocycles. The molecule has 1 aliphatic carbocycles. The van der Waals surface area contributed by atoms with Gasteiger partial charge in [-0.2, -0.15) is 4.31 Å². The van der Waals surface area contributed by atoms with Crippen molar-refractivity contribution in [3.8, 4) is 0 Å². The van der Waals surface area contributed by atoms with E-state index < -0.39 is 10.0 Å². The van der Waals surface area contributed by atoms with Gasteiger partial charge in [-0.1, -0.05) is 25.1 Å². The lowest BCUT2D eigenvalue weighted by Gasteiger charge is -2.21. The Balaban J connectivity index is 2.32. The normalized spacial score (nSPS) is 16.2. The van der Waals surface area contributed by atoms with Gasteiger partial charge < -0.3 is 5.11 Å². The minimum Gasteiger partial charge on any atom is -0.392 e. The number of rotatable bonds is 6. The summed E-state index contributed by atoms with van der Waals surface area (Å²) in [7, 11) is -3.48. The lowest BCUT2D eigenvalue weighted by Crippen LogP contribution is -2.33. The number of aliphatic hydroxyl groups excluding tert-OH is 1. The molecular weight excluding hydrogens is 250 g/mol. The zero-order chi connectivity index (χ0) is 13.2. The van der Waals surface area contributed by atoms with E-state index in [4.69, 9.17) is 0 Å². The van der Waals surface area contributed by atoms with Crippen LogP contribution in [-0.2, 0) is 16.6 Å². The molecule has 0 radical (unpaired) electrons. The van der Waals surface area contributed by atoms with E-state index in [1.54, 1.807) is 24.3 Å². The molecule has 0 spiro atoms. The third-order valence-electron chi connectivity index (χ3n) is 3.27. The van der Waals surface area contributed by atoms with Crippen LogP contribution in [0.1, 0.15) is 25.3 Å². The lowest BCUT2D eigenvalue weighted by atomic mass is 10.2. The number of hydrogen-bond donors (Lipinski definition) is 1. The molecule has 0 aromatic heterocycles. The molecule has 0 amide bonds. The summed E-state index contributed by atoms with van der Waals surface area (Å²) in [6.45, 7) is 2.66. The predicted molar refractivity (Wildman–Crippen MR) is 69.5 cm³/mol. The number of hydrogen-bond acceptors (Lipinski definition) is 3. The van der Waals surface area contributed by atoms with Gasteiger partial charge in [0, 0.05) is 13.1 Å². The smallest absolute Gasteiger partial charge is 0.243 e. The largest absolute Gasteiger partial charge is 0.392 e. The number of sulfonamides is 1. The minimum absolute atomic E-state index is 0.231.